The summed E-state index contributed by atoms with van der Waals surface area (Å²) >= 11 is 0. The van der Waals surface area contributed by atoms with Crippen LogP contribution in [0.3, 0.4) is 0 Å². The van der Waals surface area contributed by atoms with Crippen molar-refractivity contribution in [2.24, 2.45) is 5.73 Å². The van der Waals surface area contributed by atoms with Crippen LogP contribution in [0.5, 0.6) is 5.75 Å². The Morgan fingerprint density at radius 1 is 1.54 bits per heavy atom. The highest BCUT2D eigenvalue weighted by Gasteiger charge is 2.06. The third kappa shape index (κ3) is 2.06. The molecule has 0 atom stereocenters. The average Bonchev–Trinajstić information content (AvgIpc) is 2.12. The van der Waals surface area contributed by atoms with Gasteiger partial charge in [0.05, 0.1) is 5.56 Å². The fourth-order valence-corrected chi connectivity index (χ4v) is 1.04. The van der Waals surface area contributed by atoms with E-state index in [2.05, 4.69) is 0 Å². The Bertz CT molecular complexity index is 334. The van der Waals surface area contributed by atoms with Gasteiger partial charge in [0, 0.05) is 6.54 Å². The fraction of sp³-hybridized carbons (Fsp3) is 0.200. The first kappa shape index (κ1) is 9.74. The Morgan fingerprint density at radius 3 is 2.85 bits per heavy atom. The van der Waals surface area contributed by atoms with E-state index in [0.717, 1.165) is 0 Å². The Kier molecular flexibility index (Phi) is 3.03. The number of benzene rings is 1. The standard InChI is InChI=1S/C10H12FNO/c1-7-4-5-9(11)8(10(7)13)3-2-6-12/h2-5,13H,6,12H2,1H3/b3-2+. The van der Waals surface area contributed by atoms with Gasteiger partial charge in [-0.2, -0.15) is 0 Å². The van der Waals surface area contributed by atoms with E-state index in [1.165, 1.54) is 18.2 Å². The van der Waals surface area contributed by atoms with Crippen molar-refractivity contribution in [1.29, 1.82) is 0 Å². The predicted molar refractivity (Wildman–Crippen MR) is 50.9 cm³/mol. The van der Waals surface area contributed by atoms with Crippen molar-refractivity contribution < 1.29 is 9.50 Å². The van der Waals surface area contributed by atoms with Crippen LogP contribution < -0.4 is 5.73 Å². The molecule has 1 rings (SSSR count). The minimum Gasteiger partial charge on any atom is -0.507 e. The first-order valence-corrected chi connectivity index (χ1v) is 4.01. The summed E-state index contributed by atoms with van der Waals surface area (Å²) in [4.78, 5) is 0. The topological polar surface area (TPSA) is 46.2 Å². The van der Waals surface area contributed by atoms with Crippen LogP contribution in [0.4, 0.5) is 4.39 Å². The highest BCUT2D eigenvalue weighted by molar-refractivity contribution is 5.59. The molecular formula is C10H12FNO. The Balaban J connectivity index is 3.17. The molecule has 0 spiro atoms. The quantitative estimate of drug-likeness (QED) is 0.730. The Labute approximate surface area is 76.5 Å². The van der Waals surface area contributed by atoms with Crippen LogP contribution in [0.25, 0.3) is 6.08 Å². The monoisotopic (exact) mass is 181 g/mol. The van der Waals surface area contributed by atoms with E-state index >= 15 is 0 Å². The summed E-state index contributed by atoms with van der Waals surface area (Å²) in [5.41, 5.74) is 6.07. The molecule has 0 fully saturated rings. The smallest absolute Gasteiger partial charge is 0.134 e. The van der Waals surface area contributed by atoms with E-state index in [4.69, 9.17) is 5.73 Å². The van der Waals surface area contributed by atoms with Crippen LogP contribution >= 0.6 is 0 Å². The number of hydrogen-bond donors (Lipinski definition) is 2. The minimum atomic E-state index is -0.437. The van der Waals surface area contributed by atoms with Gasteiger partial charge in [0.25, 0.3) is 0 Å². The zero-order valence-electron chi connectivity index (χ0n) is 7.42. The van der Waals surface area contributed by atoms with Crippen LogP contribution in [0.2, 0.25) is 0 Å². The van der Waals surface area contributed by atoms with Gasteiger partial charge < -0.3 is 10.8 Å². The molecular weight excluding hydrogens is 169 g/mol. The zero-order chi connectivity index (χ0) is 9.84. The summed E-state index contributed by atoms with van der Waals surface area (Å²) in [6, 6.07) is 2.86. The van der Waals surface area contributed by atoms with Crippen molar-refractivity contribution >= 4 is 6.08 Å². The maximum atomic E-state index is 13.1. The lowest BCUT2D eigenvalue weighted by Crippen LogP contribution is -1.93. The van der Waals surface area contributed by atoms with Crippen molar-refractivity contribution in [2.45, 2.75) is 6.92 Å². The number of hydrogen-bond acceptors (Lipinski definition) is 2. The first-order chi connectivity index (χ1) is 6.16. The van der Waals surface area contributed by atoms with Crippen LogP contribution in [-0.2, 0) is 0 Å². The molecule has 0 radical (unpaired) electrons. The zero-order valence-corrected chi connectivity index (χ0v) is 7.42. The van der Waals surface area contributed by atoms with Gasteiger partial charge in [-0.15, -0.1) is 0 Å². The molecule has 0 saturated carbocycles. The molecule has 0 aliphatic carbocycles. The second-order valence-electron chi connectivity index (χ2n) is 2.76. The second-order valence-corrected chi connectivity index (χ2v) is 2.76. The summed E-state index contributed by atoms with van der Waals surface area (Å²) in [6.07, 6.45) is 3.08. The summed E-state index contributed by atoms with van der Waals surface area (Å²) in [6.45, 7) is 2.04. The van der Waals surface area contributed by atoms with Crippen molar-refractivity contribution in [1.82, 2.24) is 0 Å². The molecule has 0 bridgehead atoms. The molecule has 0 saturated heterocycles. The number of phenols is 1. The van der Waals surface area contributed by atoms with Gasteiger partial charge >= 0.3 is 0 Å². The molecule has 0 amide bonds. The van der Waals surface area contributed by atoms with E-state index in [-0.39, 0.29) is 11.3 Å². The summed E-state index contributed by atoms with van der Waals surface area (Å²) < 4.78 is 13.1. The van der Waals surface area contributed by atoms with Gasteiger partial charge in [-0.1, -0.05) is 18.2 Å². The maximum absolute atomic E-state index is 13.1. The number of phenolic OH excluding ortho intramolecular Hbond substituents is 1. The Morgan fingerprint density at radius 2 is 2.23 bits per heavy atom. The van der Waals surface area contributed by atoms with Gasteiger partial charge in [0.15, 0.2) is 0 Å². The van der Waals surface area contributed by atoms with Crippen LogP contribution in [-0.4, -0.2) is 11.7 Å². The molecule has 70 valence electrons. The first-order valence-electron chi connectivity index (χ1n) is 4.01. The van der Waals surface area contributed by atoms with Crippen LogP contribution in [0, 0.1) is 12.7 Å². The van der Waals surface area contributed by atoms with Crippen molar-refractivity contribution in [3.63, 3.8) is 0 Å². The molecule has 3 heteroatoms. The van der Waals surface area contributed by atoms with E-state index in [1.807, 2.05) is 0 Å². The predicted octanol–water partition coefficient (Wildman–Crippen LogP) is 1.81. The van der Waals surface area contributed by atoms with Gasteiger partial charge in [0.2, 0.25) is 0 Å². The lowest BCUT2D eigenvalue weighted by atomic mass is 10.1. The highest BCUT2D eigenvalue weighted by atomic mass is 19.1. The molecule has 0 heterocycles. The number of aryl methyl sites for hydroxylation is 1. The van der Waals surface area contributed by atoms with Gasteiger partial charge in [0.1, 0.15) is 11.6 Å². The van der Waals surface area contributed by atoms with E-state index in [1.54, 1.807) is 13.0 Å². The fourth-order valence-electron chi connectivity index (χ4n) is 1.04. The number of nitrogens with two attached hydrogens (primary N) is 1. The third-order valence-electron chi connectivity index (χ3n) is 1.79. The van der Waals surface area contributed by atoms with Gasteiger partial charge in [-0.25, -0.2) is 4.39 Å². The summed E-state index contributed by atoms with van der Waals surface area (Å²) in [7, 11) is 0. The minimum absolute atomic E-state index is 0.0234. The molecule has 1 aromatic carbocycles. The van der Waals surface area contributed by atoms with Crippen molar-refractivity contribution in [3.05, 3.63) is 35.2 Å². The van der Waals surface area contributed by atoms with Crippen molar-refractivity contribution in [3.8, 4) is 5.75 Å². The van der Waals surface area contributed by atoms with Gasteiger partial charge in [-0.3, -0.25) is 0 Å². The Hall–Kier alpha value is -1.35. The molecule has 13 heavy (non-hydrogen) atoms. The van der Waals surface area contributed by atoms with Crippen LogP contribution in [0.1, 0.15) is 11.1 Å². The normalized spacial score (nSPS) is 11.0. The van der Waals surface area contributed by atoms with E-state index in [0.29, 0.717) is 12.1 Å². The molecule has 1 aromatic rings. The summed E-state index contributed by atoms with van der Waals surface area (Å²) in [5.74, 6) is -0.461. The van der Waals surface area contributed by atoms with Crippen molar-refractivity contribution in [2.75, 3.05) is 6.54 Å². The summed E-state index contributed by atoms with van der Waals surface area (Å²) in [5, 5.41) is 9.47. The number of aromatic hydroxyl groups is 1. The molecule has 0 aliphatic rings. The highest BCUT2D eigenvalue weighted by Crippen LogP contribution is 2.25. The molecule has 2 nitrogen and oxygen atoms in total. The lowest BCUT2D eigenvalue weighted by Gasteiger charge is -2.03. The largest absolute Gasteiger partial charge is 0.507 e. The lowest BCUT2D eigenvalue weighted by molar-refractivity contribution is 0.463. The molecule has 0 aromatic heterocycles. The van der Waals surface area contributed by atoms with E-state index < -0.39 is 5.82 Å². The second kappa shape index (κ2) is 4.05. The molecule has 0 unspecified atom stereocenters. The SMILES string of the molecule is Cc1ccc(F)c(/C=C/CN)c1O. The number of rotatable bonds is 2. The number of halogens is 1. The van der Waals surface area contributed by atoms with E-state index in [9.17, 15) is 9.50 Å². The van der Waals surface area contributed by atoms with Gasteiger partial charge in [-0.05, 0) is 18.6 Å². The average molecular weight is 181 g/mol. The molecule has 0 aliphatic heterocycles. The third-order valence-corrected chi connectivity index (χ3v) is 1.79. The molecule has 3 N–H and O–H groups in total. The van der Waals surface area contributed by atoms with Crippen LogP contribution in [0.15, 0.2) is 18.2 Å². The maximum Gasteiger partial charge on any atom is 0.134 e.